The van der Waals surface area contributed by atoms with Crippen LogP contribution in [0.3, 0.4) is 0 Å². The molecule has 0 amide bonds. The van der Waals surface area contributed by atoms with Gasteiger partial charge in [-0.3, -0.25) is 0 Å². The topological polar surface area (TPSA) is 68.2 Å². The lowest BCUT2D eigenvalue weighted by Crippen LogP contribution is -2.54. The molecule has 6 heteroatoms. The van der Waals surface area contributed by atoms with Gasteiger partial charge in [0.15, 0.2) is 6.04 Å². The third-order valence-corrected chi connectivity index (χ3v) is 6.31. The molecular formula is C22H26NO5+. The zero-order valence-electron chi connectivity index (χ0n) is 15.6. The van der Waals surface area contributed by atoms with Crippen LogP contribution < -0.4 is 0 Å². The molecule has 0 spiro atoms. The van der Waals surface area contributed by atoms with E-state index in [0.717, 1.165) is 0 Å². The Bertz CT molecular complexity index is 760. The highest BCUT2D eigenvalue weighted by Gasteiger charge is 2.67. The van der Waals surface area contributed by atoms with E-state index in [0.29, 0.717) is 24.3 Å². The van der Waals surface area contributed by atoms with Crippen molar-refractivity contribution >= 4 is 0 Å². The lowest BCUT2D eigenvalue weighted by atomic mass is 9.88. The SMILES string of the molecule is OC[C@H]1O[C@@H]2O[N+](Cc3ccccc3)(Cc3ccccc3)[C@@H]3CO[C@H]([C@@H]1O)[C@H]23. The highest BCUT2D eigenvalue weighted by molar-refractivity contribution is 5.16. The Kier molecular flexibility index (Phi) is 4.71. The first-order valence-electron chi connectivity index (χ1n) is 9.89. The summed E-state index contributed by atoms with van der Waals surface area (Å²) in [6.07, 6.45) is -2.38. The number of hydrogen-bond donors (Lipinski definition) is 2. The van der Waals surface area contributed by atoms with E-state index in [4.69, 9.17) is 14.3 Å². The van der Waals surface area contributed by atoms with Crippen LogP contribution in [0.4, 0.5) is 0 Å². The van der Waals surface area contributed by atoms with Crippen LogP contribution in [0.1, 0.15) is 11.1 Å². The molecule has 6 atom stereocenters. The van der Waals surface area contributed by atoms with E-state index in [-0.39, 0.29) is 24.7 Å². The van der Waals surface area contributed by atoms with Gasteiger partial charge < -0.3 is 19.7 Å². The normalized spacial score (nSPS) is 35.6. The fourth-order valence-electron chi connectivity index (χ4n) is 5.00. The summed E-state index contributed by atoms with van der Waals surface area (Å²) in [6.45, 7) is 1.62. The van der Waals surface area contributed by atoms with Crippen LogP contribution in [-0.2, 0) is 27.4 Å². The van der Waals surface area contributed by atoms with Gasteiger partial charge in [-0.15, -0.1) is 0 Å². The number of ether oxygens (including phenoxy) is 2. The molecule has 0 aliphatic carbocycles. The molecular weight excluding hydrogens is 358 g/mol. The Balaban J connectivity index is 1.52. The van der Waals surface area contributed by atoms with Crippen molar-refractivity contribution in [3.8, 4) is 0 Å². The second-order valence-corrected chi connectivity index (χ2v) is 8.00. The minimum atomic E-state index is -0.840. The summed E-state index contributed by atoms with van der Waals surface area (Å²) in [5, 5.41) is 20.2. The largest absolute Gasteiger partial charge is 0.394 e. The maximum Gasteiger partial charge on any atom is 0.227 e. The Labute approximate surface area is 164 Å². The predicted octanol–water partition coefficient (Wildman–Crippen LogP) is 1.61. The Morgan fingerprint density at radius 2 is 1.54 bits per heavy atom. The van der Waals surface area contributed by atoms with E-state index in [1.54, 1.807) is 0 Å². The molecule has 3 saturated heterocycles. The molecule has 148 valence electrons. The molecule has 0 radical (unpaired) electrons. The molecule has 28 heavy (non-hydrogen) atoms. The summed E-state index contributed by atoms with van der Waals surface area (Å²) in [4.78, 5) is 6.59. The van der Waals surface area contributed by atoms with Crippen molar-refractivity contribution in [3.05, 3.63) is 71.8 Å². The Morgan fingerprint density at radius 3 is 2.11 bits per heavy atom. The summed E-state index contributed by atoms with van der Waals surface area (Å²) >= 11 is 0. The number of aliphatic hydroxyl groups excluding tert-OH is 2. The molecule has 0 bridgehead atoms. The highest BCUT2D eigenvalue weighted by Crippen LogP contribution is 2.48. The molecule has 3 fully saturated rings. The van der Waals surface area contributed by atoms with Crippen molar-refractivity contribution in [1.29, 1.82) is 0 Å². The van der Waals surface area contributed by atoms with E-state index < -0.39 is 18.5 Å². The number of nitrogens with zero attached hydrogens (tertiary/aromatic N) is 1. The van der Waals surface area contributed by atoms with E-state index in [2.05, 4.69) is 24.3 Å². The fraction of sp³-hybridized carbons (Fsp3) is 0.455. The number of hydroxylamine groups is 3. The summed E-state index contributed by atoms with van der Waals surface area (Å²) < 4.78 is 12.4. The third-order valence-electron chi connectivity index (χ3n) is 6.31. The summed E-state index contributed by atoms with van der Waals surface area (Å²) in [6, 6.07) is 20.6. The van der Waals surface area contributed by atoms with Crippen molar-refractivity contribution in [2.45, 2.75) is 43.7 Å². The lowest BCUT2D eigenvalue weighted by Gasteiger charge is -2.37. The van der Waals surface area contributed by atoms with Crippen molar-refractivity contribution in [1.82, 2.24) is 0 Å². The van der Waals surface area contributed by atoms with Crippen LogP contribution in [0.15, 0.2) is 60.7 Å². The molecule has 0 saturated carbocycles. The van der Waals surface area contributed by atoms with Crippen molar-refractivity contribution in [2.24, 2.45) is 5.92 Å². The van der Waals surface area contributed by atoms with E-state index in [1.807, 2.05) is 36.4 Å². The summed E-state index contributed by atoms with van der Waals surface area (Å²) in [5.74, 6) is -0.0507. The van der Waals surface area contributed by atoms with Gasteiger partial charge in [0.25, 0.3) is 0 Å². The molecule has 0 aromatic heterocycles. The quantitative estimate of drug-likeness (QED) is 0.767. The van der Waals surface area contributed by atoms with Gasteiger partial charge in [-0.05, 0) is 0 Å². The predicted molar refractivity (Wildman–Crippen MR) is 100 cm³/mol. The van der Waals surface area contributed by atoms with Crippen LogP contribution in [-0.4, -0.2) is 58.7 Å². The first kappa shape index (κ1) is 18.2. The number of hydrogen-bond acceptors (Lipinski definition) is 5. The summed E-state index contributed by atoms with van der Waals surface area (Å²) in [7, 11) is 0. The van der Waals surface area contributed by atoms with Crippen LogP contribution >= 0.6 is 0 Å². The molecule has 0 unspecified atom stereocenters. The smallest absolute Gasteiger partial charge is 0.227 e. The van der Waals surface area contributed by atoms with Crippen molar-refractivity contribution < 1.29 is 29.2 Å². The maximum absolute atomic E-state index is 10.6. The minimum Gasteiger partial charge on any atom is -0.394 e. The van der Waals surface area contributed by atoms with E-state index in [1.165, 1.54) is 11.1 Å². The minimum absolute atomic E-state index is 0.0507. The van der Waals surface area contributed by atoms with Gasteiger partial charge in [0.2, 0.25) is 6.29 Å². The van der Waals surface area contributed by atoms with Gasteiger partial charge >= 0.3 is 0 Å². The molecule has 3 aliphatic rings. The van der Waals surface area contributed by atoms with Crippen molar-refractivity contribution in [3.63, 3.8) is 0 Å². The van der Waals surface area contributed by atoms with Gasteiger partial charge in [0, 0.05) is 11.1 Å². The average Bonchev–Trinajstić information content (AvgIpc) is 3.29. The second-order valence-electron chi connectivity index (χ2n) is 8.00. The fourth-order valence-corrected chi connectivity index (χ4v) is 5.00. The molecule has 2 N–H and O–H groups in total. The zero-order valence-corrected chi connectivity index (χ0v) is 15.6. The highest BCUT2D eigenvalue weighted by atomic mass is 16.8. The van der Waals surface area contributed by atoms with Gasteiger partial charge in [-0.2, -0.15) is 9.48 Å². The lowest BCUT2D eigenvalue weighted by molar-refractivity contribution is -1.13. The van der Waals surface area contributed by atoms with Crippen molar-refractivity contribution in [2.75, 3.05) is 13.2 Å². The monoisotopic (exact) mass is 384 g/mol. The molecule has 3 heterocycles. The van der Waals surface area contributed by atoms with Crippen LogP contribution in [0.2, 0.25) is 0 Å². The maximum atomic E-state index is 10.6. The third kappa shape index (κ3) is 2.97. The first-order chi connectivity index (χ1) is 13.7. The zero-order chi connectivity index (χ0) is 19.1. The van der Waals surface area contributed by atoms with Crippen LogP contribution in [0, 0.1) is 5.92 Å². The van der Waals surface area contributed by atoms with Gasteiger partial charge in [0.05, 0.1) is 6.61 Å². The molecule has 3 aliphatic heterocycles. The van der Waals surface area contributed by atoms with Crippen LogP contribution in [0.5, 0.6) is 0 Å². The first-order valence-corrected chi connectivity index (χ1v) is 9.89. The number of aliphatic hydroxyl groups is 2. The van der Waals surface area contributed by atoms with E-state index in [9.17, 15) is 10.2 Å². The average molecular weight is 384 g/mol. The molecule has 6 nitrogen and oxygen atoms in total. The standard InChI is InChI=1S/C22H26NO5/c24-13-18-20(25)21-19-17(14-26-21)23(28-22(19)27-18,11-15-7-3-1-4-8-15)12-16-9-5-2-6-10-16/h1-10,17-22,24-25H,11-14H2/q+1/t17-,18-,19-,20-,21+,22-/m1/s1. The Hall–Kier alpha value is -1.80. The summed E-state index contributed by atoms with van der Waals surface area (Å²) in [5.41, 5.74) is 2.36. The Morgan fingerprint density at radius 1 is 0.929 bits per heavy atom. The number of quaternary nitrogens is 1. The second kappa shape index (κ2) is 7.22. The van der Waals surface area contributed by atoms with Gasteiger partial charge in [0.1, 0.15) is 43.9 Å². The van der Waals surface area contributed by atoms with Gasteiger partial charge in [-0.1, -0.05) is 60.7 Å². The molecule has 5 rings (SSSR count). The number of rotatable bonds is 5. The number of benzene rings is 2. The molecule has 2 aromatic rings. The van der Waals surface area contributed by atoms with E-state index >= 15 is 0 Å². The molecule has 2 aromatic carbocycles. The van der Waals surface area contributed by atoms with Gasteiger partial charge in [-0.25, -0.2) is 0 Å². The van der Waals surface area contributed by atoms with Crippen LogP contribution in [0.25, 0.3) is 0 Å².